The lowest BCUT2D eigenvalue weighted by Crippen LogP contribution is -2.49. The first kappa shape index (κ1) is 18.9. The Kier molecular flexibility index (Phi) is 5.57. The average molecular weight is 395 g/mol. The van der Waals surface area contributed by atoms with Crippen molar-refractivity contribution in [2.45, 2.75) is 33.1 Å². The number of aromatic nitrogens is 2. The van der Waals surface area contributed by atoms with Gasteiger partial charge in [0.25, 0.3) is 0 Å². The molecule has 0 saturated carbocycles. The van der Waals surface area contributed by atoms with Gasteiger partial charge in [-0.1, -0.05) is 43.7 Å². The minimum atomic E-state index is 0.204. The summed E-state index contributed by atoms with van der Waals surface area (Å²) in [5.74, 6) is 2.04. The summed E-state index contributed by atoms with van der Waals surface area (Å²) in [6, 6.07) is 12.2. The van der Waals surface area contributed by atoms with E-state index in [4.69, 9.17) is 4.98 Å². The highest BCUT2D eigenvalue weighted by Gasteiger charge is 2.24. The van der Waals surface area contributed by atoms with E-state index < -0.39 is 0 Å². The fourth-order valence-corrected chi connectivity index (χ4v) is 4.89. The molecule has 3 aromatic rings. The number of anilines is 1. The van der Waals surface area contributed by atoms with Crippen LogP contribution in [0, 0.1) is 6.92 Å². The Balaban J connectivity index is 1.47. The number of thiophene rings is 1. The summed E-state index contributed by atoms with van der Waals surface area (Å²) in [4.78, 5) is 28.8. The van der Waals surface area contributed by atoms with Gasteiger partial charge in [0.05, 0.1) is 11.8 Å². The van der Waals surface area contributed by atoms with Crippen molar-refractivity contribution in [3.63, 3.8) is 0 Å². The lowest BCUT2D eigenvalue weighted by Gasteiger charge is -2.35. The van der Waals surface area contributed by atoms with E-state index in [0.717, 1.165) is 66.4 Å². The molecular formula is C22H26N4OS. The average Bonchev–Trinajstić information content (AvgIpc) is 3.11. The third-order valence-corrected chi connectivity index (χ3v) is 6.25. The van der Waals surface area contributed by atoms with Crippen LogP contribution in [0.5, 0.6) is 0 Å². The molecule has 1 fully saturated rings. The largest absolute Gasteiger partial charge is 0.352 e. The first-order chi connectivity index (χ1) is 13.6. The van der Waals surface area contributed by atoms with Gasteiger partial charge in [0.2, 0.25) is 5.91 Å². The van der Waals surface area contributed by atoms with Gasteiger partial charge in [-0.25, -0.2) is 9.97 Å². The fourth-order valence-electron chi connectivity index (χ4n) is 3.72. The number of carbonyl (C=O) groups is 1. The van der Waals surface area contributed by atoms with Crippen LogP contribution in [0.2, 0.25) is 0 Å². The number of rotatable bonds is 5. The van der Waals surface area contributed by atoms with Crippen LogP contribution in [0.4, 0.5) is 5.82 Å². The van der Waals surface area contributed by atoms with Crippen molar-refractivity contribution in [3.8, 4) is 0 Å². The molecule has 146 valence electrons. The van der Waals surface area contributed by atoms with E-state index >= 15 is 0 Å². The molecule has 0 radical (unpaired) electrons. The molecule has 6 heteroatoms. The van der Waals surface area contributed by atoms with Crippen LogP contribution in [0.3, 0.4) is 0 Å². The summed E-state index contributed by atoms with van der Waals surface area (Å²) in [5, 5.41) is 1.16. The number of carbonyl (C=O) groups excluding carboxylic acids is 1. The smallest absolute Gasteiger partial charge is 0.227 e. The molecule has 2 aromatic heterocycles. The molecule has 1 aliphatic rings. The zero-order valence-electron chi connectivity index (χ0n) is 16.5. The van der Waals surface area contributed by atoms with Gasteiger partial charge in [-0.3, -0.25) is 4.79 Å². The van der Waals surface area contributed by atoms with Gasteiger partial charge in [0.1, 0.15) is 16.5 Å². The summed E-state index contributed by atoms with van der Waals surface area (Å²) in [6.45, 7) is 7.26. The Morgan fingerprint density at radius 2 is 1.86 bits per heavy atom. The van der Waals surface area contributed by atoms with Gasteiger partial charge in [0, 0.05) is 31.1 Å². The summed E-state index contributed by atoms with van der Waals surface area (Å²) in [5.41, 5.74) is 1.07. The predicted molar refractivity (Wildman–Crippen MR) is 115 cm³/mol. The van der Waals surface area contributed by atoms with Gasteiger partial charge in [-0.05, 0) is 25.0 Å². The van der Waals surface area contributed by atoms with E-state index in [0.29, 0.717) is 6.42 Å². The third kappa shape index (κ3) is 4.02. The van der Waals surface area contributed by atoms with Crippen molar-refractivity contribution < 1.29 is 4.79 Å². The Morgan fingerprint density at radius 3 is 2.57 bits per heavy atom. The second kappa shape index (κ2) is 8.27. The summed E-state index contributed by atoms with van der Waals surface area (Å²) >= 11 is 1.78. The van der Waals surface area contributed by atoms with Crippen molar-refractivity contribution in [1.29, 1.82) is 0 Å². The second-order valence-corrected chi connectivity index (χ2v) is 8.42. The number of fused-ring (bicyclic) bond motifs is 1. The van der Waals surface area contributed by atoms with Gasteiger partial charge < -0.3 is 9.80 Å². The summed E-state index contributed by atoms with van der Waals surface area (Å²) < 4.78 is 0. The molecule has 0 unspecified atom stereocenters. The molecule has 3 heterocycles. The fraction of sp³-hybridized carbons (Fsp3) is 0.409. The molecule has 0 N–H and O–H groups in total. The molecule has 0 bridgehead atoms. The van der Waals surface area contributed by atoms with Crippen LogP contribution in [-0.2, 0) is 17.6 Å². The normalized spacial score (nSPS) is 14.6. The minimum absolute atomic E-state index is 0.204. The van der Waals surface area contributed by atoms with Gasteiger partial charge in [0.15, 0.2) is 0 Å². The Bertz CT molecular complexity index is 961. The molecular weight excluding hydrogens is 368 g/mol. The highest BCUT2D eigenvalue weighted by molar-refractivity contribution is 7.18. The van der Waals surface area contributed by atoms with E-state index in [1.807, 2.05) is 42.2 Å². The van der Waals surface area contributed by atoms with Crippen molar-refractivity contribution >= 4 is 33.3 Å². The number of aryl methyl sites for hydroxylation is 2. The van der Waals surface area contributed by atoms with E-state index in [2.05, 4.69) is 22.9 Å². The van der Waals surface area contributed by atoms with Crippen LogP contribution in [-0.4, -0.2) is 47.0 Å². The number of hydrogen-bond acceptors (Lipinski definition) is 5. The molecule has 0 spiro atoms. The Labute approximate surface area is 170 Å². The molecule has 1 amide bonds. The lowest BCUT2D eigenvalue weighted by molar-refractivity contribution is -0.130. The number of piperazine rings is 1. The maximum absolute atomic E-state index is 12.6. The van der Waals surface area contributed by atoms with Crippen LogP contribution in [0.1, 0.15) is 29.6 Å². The quantitative estimate of drug-likeness (QED) is 0.660. The summed E-state index contributed by atoms with van der Waals surface area (Å²) in [6.07, 6.45) is 2.70. The van der Waals surface area contributed by atoms with Gasteiger partial charge in [-0.15, -0.1) is 11.3 Å². The van der Waals surface area contributed by atoms with Crippen molar-refractivity contribution in [2.24, 2.45) is 0 Å². The molecule has 5 nitrogen and oxygen atoms in total. The van der Waals surface area contributed by atoms with E-state index in [1.54, 1.807) is 11.3 Å². The van der Waals surface area contributed by atoms with Crippen LogP contribution >= 0.6 is 11.3 Å². The lowest BCUT2D eigenvalue weighted by atomic mass is 10.1. The first-order valence-electron chi connectivity index (χ1n) is 9.97. The molecule has 4 rings (SSSR count). The highest BCUT2D eigenvalue weighted by Crippen LogP contribution is 2.32. The predicted octanol–water partition coefficient (Wildman–Crippen LogP) is 3.84. The van der Waals surface area contributed by atoms with Gasteiger partial charge >= 0.3 is 0 Å². The number of hydrogen-bond donors (Lipinski definition) is 0. The van der Waals surface area contributed by atoms with E-state index in [1.165, 1.54) is 4.88 Å². The number of amides is 1. The second-order valence-electron chi connectivity index (χ2n) is 7.31. The molecule has 1 aromatic carbocycles. The molecule has 28 heavy (non-hydrogen) atoms. The first-order valence-corrected chi connectivity index (χ1v) is 10.8. The molecule has 0 atom stereocenters. The third-order valence-electron chi connectivity index (χ3n) is 5.16. The zero-order chi connectivity index (χ0) is 19.5. The number of nitrogens with zero attached hydrogens (tertiary/aromatic N) is 4. The summed E-state index contributed by atoms with van der Waals surface area (Å²) in [7, 11) is 0. The highest BCUT2D eigenvalue weighted by atomic mass is 32.1. The maximum atomic E-state index is 12.6. The van der Waals surface area contributed by atoms with E-state index in [9.17, 15) is 4.79 Å². The Hall–Kier alpha value is -2.47. The molecule has 1 aliphatic heterocycles. The van der Waals surface area contributed by atoms with Crippen molar-refractivity contribution in [2.75, 3.05) is 31.1 Å². The molecule has 1 saturated heterocycles. The van der Waals surface area contributed by atoms with E-state index in [-0.39, 0.29) is 5.91 Å². The number of benzene rings is 1. The van der Waals surface area contributed by atoms with Crippen molar-refractivity contribution in [1.82, 2.24) is 14.9 Å². The minimum Gasteiger partial charge on any atom is -0.352 e. The van der Waals surface area contributed by atoms with Crippen LogP contribution in [0.15, 0.2) is 36.4 Å². The SMILES string of the molecule is CCCc1cc2c(N3CCN(C(=O)Cc4ccccc4)CC3)nc(C)nc2s1. The van der Waals surface area contributed by atoms with Crippen LogP contribution in [0.25, 0.3) is 10.2 Å². The van der Waals surface area contributed by atoms with Crippen LogP contribution < -0.4 is 4.90 Å². The Morgan fingerprint density at radius 1 is 1.11 bits per heavy atom. The maximum Gasteiger partial charge on any atom is 0.227 e. The van der Waals surface area contributed by atoms with Gasteiger partial charge in [-0.2, -0.15) is 0 Å². The standard InChI is InChI=1S/C22H26N4OS/c1-3-7-18-15-19-21(23-16(2)24-22(19)28-18)26-12-10-25(11-13-26)20(27)14-17-8-5-4-6-9-17/h4-6,8-9,15H,3,7,10-14H2,1-2H3. The zero-order valence-corrected chi connectivity index (χ0v) is 17.3. The van der Waals surface area contributed by atoms with Crippen molar-refractivity contribution in [3.05, 3.63) is 52.7 Å². The molecule has 0 aliphatic carbocycles. The monoisotopic (exact) mass is 394 g/mol. The topological polar surface area (TPSA) is 49.3 Å².